The summed E-state index contributed by atoms with van der Waals surface area (Å²) in [6.07, 6.45) is 2.28. The first-order valence-electron chi connectivity index (χ1n) is 8.88. The molecule has 7 nitrogen and oxygen atoms in total. The van der Waals surface area contributed by atoms with E-state index in [0.29, 0.717) is 23.0 Å². The molecule has 1 aliphatic rings. The SMILES string of the molecule is CSc1ccc(N2CC(c3nnc(NC(=O)c4ccc(Cl)cc4)o3)CC2=O)cc1. The van der Waals surface area contributed by atoms with Crippen molar-refractivity contribution in [3.05, 3.63) is 65.0 Å². The number of hydrogen-bond acceptors (Lipinski definition) is 6. The van der Waals surface area contributed by atoms with Crippen molar-refractivity contribution in [1.82, 2.24) is 10.2 Å². The fraction of sp³-hybridized carbons (Fsp3) is 0.200. The lowest BCUT2D eigenvalue weighted by atomic mass is 10.1. The van der Waals surface area contributed by atoms with Gasteiger partial charge in [-0.2, -0.15) is 0 Å². The highest BCUT2D eigenvalue weighted by atomic mass is 35.5. The van der Waals surface area contributed by atoms with Crippen LogP contribution in [0.1, 0.15) is 28.6 Å². The second-order valence-corrected chi connectivity index (χ2v) is 7.83. The van der Waals surface area contributed by atoms with Crippen LogP contribution in [0.3, 0.4) is 0 Å². The molecule has 2 heterocycles. The number of nitrogens with zero attached hydrogens (tertiary/aromatic N) is 3. The van der Waals surface area contributed by atoms with Crippen LogP contribution in [-0.4, -0.2) is 34.8 Å². The van der Waals surface area contributed by atoms with Gasteiger partial charge in [-0.3, -0.25) is 14.9 Å². The smallest absolute Gasteiger partial charge is 0.322 e. The van der Waals surface area contributed by atoms with Crippen molar-refractivity contribution < 1.29 is 14.0 Å². The highest BCUT2D eigenvalue weighted by Gasteiger charge is 2.35. The maximum Gasteiger partial charge on any atom is 0.322 e. The number of carbonyl (C=O) groups is 2. The quantitative estimate of drug-likeness (QED) is 0.612. The molecule has 1 atom stereocenters. The molecule has 1 aliphatic heterocycles. The Morgan fingerprint density at radius 2 is 1.90 bits per heavy atom. The van der Waals surface area contributed by atoms with E-state index in [4.69, 9.17) is 16.0 Å². The predicted octanol–water partition coefficient (Wildman–Crippen LogP) is 4.22. The van der Waals surface area contributed by atoms with Crippen LogP contribution in [0.15, 0.2) is 57.8 Å². The summed E-state index contributed by atoms with van der Waals surface area (Å²) >= 11 is 7.48. The van der Waals surface area contributed by atoms with Crippen molar-refractivity contribution in [3.8, 4) is 0 Å². The summed E-state index contributed by atoms with van der Waals surface area (Å²) in [6, 6.07) is 14.3. The van der Waals surface area contributed by atoms with E-state index in [1.165, 1.54) is 0 Å². The number of halogens is 1. The van der Waals surface area contributed by atoms with Gasteiger partial charge in [-0.1, -0.05) is 16.7 Å². The number of rotatable bonds is 5. The maximum atomic E-state index is 12.5. The molecule has 0 bridgehead atoms. The Morgan fingerprint density at radius 1 is 1.17 bits per heavy atom. The third-order valence-corrected chi connectivity index (χ3v) is 5.62. The van der Waals surface area contributed by atoms with Gasteiger partial charge in [0, 0.05) is 34.1 Å². The second kappa shape index (κ2) is 8.26. The average Bonchev–Trinajstić information content (AvgIpc) is 3.35. The number of carbonyl (C=O) groups excluding carboxylic acids is 2. The zero-order chi connectivity index (χ0) is 20.4. The van der Waals surface area contributed by atoms with Crippen LogP contribution >= 0.6 is 23.4 Å². The second-order valence-electron chi connectivity index (χ2n) is 6.51. The van der Waals surface area contributed by atoms with Crippen molar-refractivity contribution in [2.75, 3.05) is 23.0 Å². The average molecular weight is 429 g/mol. The van der Waals surface area contributed by atoms with Crippen LogP contribution in [0.4, 0.5) is 11.7 Å². The Morgan fingerprint density at radius 3 is 2.59 bits per heavy atom. The molecule has 0 spiro atoms. The summed E-state index contributed by atoms with van der Waals surface area (Å²) in [4.78, 5) is 27.6. The van der Waals surface area contributed by atoms with Gasteiger partial charge in [0.15, 0.2) is 0 Å². The number of aromatic nitrogens is 2. The van der Waals surface area contributed by atoms with E-state index in [1.807, 2.05) is 30.5 Å². The molecule has 0 saturated carbocycles. The molecule has 4 rings (SSSR count). The normalized spacial score (nSPS) is 16.3. The number of benzene rings is 2. The number of thioether (sulfide) groups is 1. The predicted molar refractivity (Wildman–Crippen MR) is 112 cm³/mol. The molecule has 1 aromatic heterocycles. The largest absolute Gasteiger partial charge is 0.407 e. The molecule has 1 fully saturated rings. The van der Waals surface area contributed by atoms with Gasteiger partial charge in [-0.25, -0.2) is 0 Å². The fourth-order valence-corrected chi connectivity index (χ4v) is 3.64. The van der Waals surface area contributed by atoms with Crippen molar-refractivity contribution in [2.24, 2.45) is 0 Å². The lowest BCUT2D eigenvalue weighted by Crippen LogP contribution is -2.24. The van der Waals surface area contributed by atoms with Gasteiger partial charge in [0.05, 0.1) is 5.92 Å². The Balaban J connectivity index is 1.43. The zero-order valence-electron chi connectivity index (χ0n) is 15.5. The third kappa shape index (κ3) is 4.28. The molecule has 1 unspecified atom stereocenters. The number of anilines is 2. The molecule has 29 heavy (non-hydrogen) atoms. The highest BCUT2D eigenvalue weighted by Crippen LogP contribution is 2.32. The number of amides is 2. The lowest BCUT2D eigenvalue weighted by molar-refractivity contribution is -0.117. The summed E-state index contributed by atoms with van der Waals surface area (Å²) < 4.78 is 5.59. The molecular formula is C20H17ClN4O3S. The Kier molecular flexibility index (Phi) is 5.55. The summed E-state index contributed by atoms with van der Waals surface area (Å²) in [5.41, 5.74) is 1.26. The van der Waals surface area contributed by atoms with Gasteiger partial charge >= 0.3 is 6.01 Å². The first-order valence-corrected chi connectivity index (χ1v) is 10.5. The molecule has 1 saturated heterocycles. The van der Waals surface area contributed by atoms with E-state index in [9.17, 15) is 9.59 Å². The van der Waals surface area contributed by atoms with Gasteiger partial charge in [-0.05, 0) is 54.8 Å². The van der Waals surface area contributed by atoms with Crippen LogP contribution in [-0.2, 0) is 4.79 Å². The van der Waals surface area contributed by atoms with Gasteiger partial charge in [-0.15, -0.1) is 16.9 Å². The molecule has 0 radical (unpaired) electrons. The molecule has 1 N–H and O–H groups in total. The summed E-state index contributed by atoms with van der Waals surface area (Å²) in [5, 5.41) is 11.0. The van der Waals surface area contributed by atoms with Gasteiger partial charge < -0.3 is 9.32 Å². The zero-order valence-corrected chi connectivity index (χ0v) is 17.0. The number of nitrogens with one attached hydrogen (secondary N) is 1. The first-order chi connectivity index (χ1) is 14.0. The van der Waals surface area contributed by atoms with Crippen molar-refractivity contribution >= 4 is 46.9 Å². The van der Waals surface area contributed by atoms with E-state index in [2.05, 4.69) is 15.5 Å². The van der Waals surface area contributed by atoms with Crippen LogP contribution in [0, 0.1) is 0 Å². The van der Waals surface area contributed by atoms with Crippen LogP contribution in [0.2, 0.25) is 5.02 Å². The van der Waals surface area contributed by atoms with Crippen LogP contribution in [0.5, 0.6) is 0 Å². The summed E-state index contributed by atoms with van der Waals surface area (Å²) in [5.74, 6) is -0.281. The third-order valence-electron chi connectivity index (χ3n) is 4.63. The monoisotopic (exact) mass is 428 g/mol. The topological polar surface area (TPSA) is 88.3 Å². The Hall–Kier alpha value is -2.84. The van der Waals surface area contributed by atoms with E-state index in [1.54, 1.807) is 40.9 Å². The van der Waals surface area contributed by atoms with E-state index in [-0.39, 0.29) is 30.2 Å². The standard InChI is InChI=1S/C20H17ClN4O3S/c1-29-16-8-6-15(7-9-16)25-11-13(10-17(25)26)19-23-24-20(28-19)22-18(27)12-2-4-14(21)5-3-12/h2-9,13H,10-11H2,1H3,(H,22,24,27). The molecule has 148 valence electrons. The number of hydrogen-bond donors (Lipinski definition) is 1. The van der Waals surface area contributed by atoms with E-state index < -0.39 is 0 Å². The minimum Gasteiger partial charge on any atom is -0.407 e. The minimum atomic E-state index is -0.380. The lowest BCUT2D eigenvalue weighted by Gasteiger charge is -2.16. The van der Waals surface area contributed by atoms with Crippen LogP contribution in [0.25, 0.3) is 0 Å². The fourth-order valence-electron chi connectivity index (χ4n) is 3.11. The molecule has 2 aromatic carbocycles. The van der Waals surface area contributed by atoms with Crippen molar-refractivity contribution in [2.45, 2.75) is 17.2 Å². The van der Waals surface area contributed by atoms with Gasteiger partial charge in [0.1, 0.15) is 0 Å². The molecule has 9 heteroatoms. The van der Waals surface area contributed by atoms with Crippen molar-refractivity contribution in [3.63, 3.8) is 0 Å². The minimum absolute atomic E-state index is 0.00292. The van der Waals surface area contributed by atoms with Gasteiger partial charge in [0.2, 0.25) is 11.8 Å². The summed E-state index contributed by atoms with van der Waals surface area (Å²) in [6.45, 7) is 0.449. The molecule has 2 amide bonds. The van der Waals surface area contributed by atoms with E-state index >= 15 is 0 Å². The Labute approximate surface area is 176 Å². The molecule has 0 aliphatic carbocycles. The van der Waals surface area contributed by atoms with Gasteiger partial charge in [0.25, 0.3) is 5.91 Å². The van der Waals surface area contributed by atoms with E-state index in [0.717, 1.165) is 10.6 Å². The highest BCUT2D eigenvalue weighted by molar-refractivity contribution is 7.98. The molecular weight excluding hydrogens is 412 g/mol. The molecule has 3 aromatic rings. The first kappa shape index (κ1) is 19.5. The summed E-state index contributed by atoms with van der Waals surface area (Å²) in [7, 11) is 0. The maximum absolute atomic E-state index is 12.5. The Bertz CT molecular complexity index is 1040. The van der Waals surface area contributed by atoms with Crippen LogP contribution < -0.4 is 10.2 Å². The van der Waals surface area contributed by atoms with Crippen molar-refractivity contribution in [1.29, 1.82) is 0 Å².